The largest absolute Gasteiger partial charge is 0.508 e. The van der Waals surface area contributed by atoms with Gasteiger partial charge in [-0.15, -0.1) is 6.42 Å². The monoisotopic (exact) mass is 1180 g/mol. The number of carbonyl (C=O) groups is 3. The van der Waals surface area contributed by atoms with Crippen LogP contribution in [0.5, 0.6) is 17.6 Å². The molecule has 4 aliphatic rings. The van der Waals surface area contributed by atoms with E-state index in [-0.39, 0.29) is 99.4 Å². The topological polar surface area (TPSA) is 189 Å². The number of nitrogens with one attached hydrogen (secondary N) is 1. The smallest absolute Gasteiger partial charge is 0.410 e. The quantitative estimate of drug-likeness (QED) is 0.0687. The Balaban J connectivity index is 0.718. The van der Waals surface area contributed by atoms with Crippen molar-refractivity contribution in [3.05, 3.63) is 119 Å². The summed E-state index contributed by atoms with van der Waals surface area (Å²) in [5.74, 6) is -0.974. The lowest BCUT2D eigenvalue weighted by atomic mass is 9.91. The number of terminal acetylenes is 1. The Hall–Kier alpha value is -8.51. The van der Waals surface area contributed by atoms with E-state index in [1.165, 1.54) is 48.7 Å². The van der Waals surface area contributed by atoms with Gasteiger partial charge >= 0.3 is 12.1 Å². The first kappa shape index (κ1) is 59.2. The maximum Gasteiger partial charge on any atom is 0.410 e. The number of amides is 3. The van der Waals surface area contributed by atoms with E-state index in [0.717, 1.165) is 44.3 Å². The molecule has 2 bridgehead atoms. The molecule has 4 fully saturated rings. The normalized spacial score (nSPS) is 19.0. The average molecular weight is 1180 g/mol. The van der Waals surface area contributed by atoms with Crippen molar-refractivity contribution in [1.82, 2.24) is 40.1 Å². The van der Waals surface area contributed by atoms with Gasteiger partial charge in [0, 0.05) is 49.4 Å². The second kappa shape index (κ2) is 24.5. The first-order valence-electron chi connectivity index (χ1n) is 29.4. The summed E-state index contributed by atoms with van der Waals surface area (Å²) in [6.07, 6.45) is 11.1. The Labute approximate surface area is 496 Å². The number of likely N-dealkylation sites (tertiary alicyclic amines) is 2. The second-order valence-electron chi connectivity index (χ2n) is 24.2. The summed E-state index contributed by atoms with van der Waals surface area (Å²) in [5, 5.41) is 18.9. The van der Waals surface area contributed by atoms with Crippen LogP contribution < -0.4 is 19.7 Å². The number of pyridine rings is 1. The van der Waals surface area contributed by atoms with Crippen LogP contribution in [0.4, 0.5) is 28.2 Å². The van der Waals surface area contributed by atoms with E-state index in [4.69, 9.17) is 30.1 Å². The van der Waals surface area contributed by atoms with Gasteiger partial charge in [-0.1, -0.05) is 56.2 Å². The van der Waals surface area contributed by atoms with Crippen LogP contribution in [0.25, 0.3) is 44.1 Å². The summed E-state index contributed by atoms with van der Waals surface area (Å²) in [4.78, 5) is 63.2. The van der Waals surface area contributed by atoms with E-state index in [9.17, 15) is 28.3 Å². The van der Waals surface area contributed by atoms with Gasteiger partial charge in [0.1, 0.15) is 64.4 Å². The number of halogens is 4. The van der Waals surface area contributed by atoms with Gasteiger partial charge in [0.05, 0.1) is 41.2 Å². The van der Waals surface area contributed by atoms with Gasteiger partial charge in [0.2, 0.25) is 11.8 Å². The van der Waals surface area contributed by atoms with E-state index < -0.39 is 46.9 Å². The Bertz CT molecular complexity index is 3710. The summed E-state index contributed by atoms with van der Waals surface area (Å²) in [6.45, 7) is 14.8. The standard InChI is InChI=1S/C65H69F4N9O8/c1-8-45-48(66)21-18-41-29-44(79)30-46(55(41)45)58-57(69)59-47(32-70-58)60(76-33-42-19-20-43(34-76)78(42)64(82)85-65(5,6)7)73-63(72-59)83-28-27-75-25-22-38(23-26-75)35-84-53-31-52(86-74-53)54(36(2)3)62(81)77-24-10-13-51(77)61(80)71-37(4)39-14-16-40(17-15-39)56-49(67)11-9-12-50(56)68/h1,9,11-12,14-18,21,29-32,36-38,42-43,51,54,79H,10,13,19-20,22-28,33-35H2,2-7H3,(H,71,80). The van der Waals surface area contributed by atoms with Crippen LogP contribution in [0.3, 0.4) is 0 Å². The number of ether oxygens (including phenoxy) is 3. The summed E-state index contributed by atoms with van der Waals surface area (Å²) in [6, 6.07) is 15.8. The highest BCUT2D eigenvalue weighted by Gasteiger charge is 2.46. The van der Waals surface area contributed by atoms with Crippen molar-refractivity contribution >= 4 is 45.4 Å². The minimum Gasteiger partial charge on any atom is -0.508 e. The molecule has 11 rings (SSSR count). The first-order valence-corrected chi connectivity index (χ1v) is 29.4. The number of fused-ring (bicyclic) bond motifs is 4. The highest BCUT2D eigenvalue weighted by Crippen LogP contribution is 2.41. The molecule has 0 aliphatic carbocycles. The SMILES string of the molecule is C#Cc1c(F)ccc2cc(O)cc(-c3ncc4c(N5CC6CCC(C5)N6C(=O)OC(C)(C)C)nc(OCCN5CCC(COc6cc(C(C(=O)N7CCCC7C(=O)NC(C)c7ccc(-c8c(F)cccc8F)cc7)C(C)C)on6)CC5)nc4c3F)c12. The minimum atomic E-state index is -0.847. The Morgan fingerprint density at radius 2 is 1.59 bits per heavy atom. The number of rotatable bonds is 16. The molecule has 4 aromatic carbocycles. The number of hydrogen-bond acceptors (Lipinski definition) is 14. The van der Waals surface area contributed by atoms with Crippen molar-refractivity contribution in [3.63, 3.8) is 0 Å². The molecule has 17 nitrogen and oxygen atoms in total. The number of aromatic hydroxyl groups is 1. The third kappa shape index (κ3) is 12.2. The fraction of sp³-hybridized carbons (Fsp3) is 0.431. The zero-order chi connectivity index (χ0) is 60.7. The number of benzene rings is 4. The second-order valence-corrected chi connectivity index (χ2v) is 24.2. The number of anilines is 1. The molecular weight excluding hydrogens is 1110 g/mol. The van der Waals surface area contributed by atoms with Gasteiger partial charge < -0.3 is 39.0 Å². The van der Waals surface area contributed by atoms with Crippen molar-refractivity contribution in [3.8, 4) is 52.4 Å². The molecule has 0 spiro atoms. The van der Waals surface area contributed by atoms with E-state index in [2.05, 4.69) is 31.3 Å². The predicted molar refractivity (Wildman–Crippen MR) is 314 cm³/mol. The molecule has 4 aliphatic heterocycles. The van der Waals surface area contributed by atoms with Crippen LogP contribution in [-0.4, -0.2) is 134 Å². The predicted octanol–water partition coefficient (Wildman–Crippen LogP) is 11.1. The van der Waals surface area contributed by atoms with Crippen molar-refractivity contribution in [1.29, 1.82) is 0 Å². The van der Waals surface area contributed by atoms with Gasteiger partial charge in [-0.2, -0.15) is 9.97 Å². The maximum atomic E-state index is 17.3. The van der Waals surface area contributed by atoms with Crippen LogP contribution in [0.2, 0.25) is 0 Å². The molecule has 0 saturated carbocycles. The van der Waals surface area contributed by atoms with Gasteiger partial charge in [-0.3, -0.25) is 24.4 Å². The number of phenols is 1. The third-order valence-corrected chi connectivity index (χ3v) is 16.9. The fourth-order valence-electron chi connectivity index (χ4n) is 12.6. The summed E-state index contributed by atoms with van der Waals surface area (Å²) in [5.41, 5.74) is -0.0139. The summed E-state index contributed by atoms with van der Waals surface area (Å²) < 4.78 is 85.4. The van der Waals surface area contributed by atoms with Crippen LogP contribution in [0, 0.1) is 47.4 Å². The van der Waals surface area contributed by atoms with E-state index in [0.29, 0.717) is 73.5 Å². The molecule has 3 amide bonds. The molecular formula is C65H69F4N9O8. The molecule has 450 valence electrons. The van der Waals surface area contributed by atoms with Crippen LogP contribution in [0.1, 0.15) is 109 Å². The van der Waals surface area contributed by atoms with Gasteiger partial charge in [-0.25, -0.2) is 22.4 Å². The third-order valence-electron chi connectivity index (χ3n) is 16.9. The number of phenolic OH excluding ortho intramolecular Hbond substituents is 1. The van der Waals surface area contributed by atoms with Gasteiger partial charge in [-0.05, 0) is 143 Å². The first-order chi connectivity index (χ1) is 41.2. The lowest BCUT2D eigenvalue weighted by Gasteiger charge is -2.42. The Morgan fingerprint density at radius 3 is 2.28 bits per heavy atom. The van der Waals surface area contributed by atoms with Crippen LogP contribution in [-0.2, 0) is 14.3 Å². The molecule has 5 unspecified atom stereocenters. The summed E-state index contributed by atoms with van der Waals surface area (Å²) in [7, 11) is 0. The van der Waals surface area contributed by atoms with Crippen molar-refractivity contribution in [2.45, 2.75) is 116 Å². The lowest BCUT2D eigenvalue weighted by molar-refractivity contribution is -0.141. The molecule has 21 heteroatoms. The molecule has 86 heavy (non-hydrogen) atoms. The zero-order valence-electron chi connectivity index (χ0n) is 48.9. The number of carbonyl (C=O) groups excluding carboxylic acids is 3. The highest BCUT2D eigenvalue weighted by molar-refractivity contribution is 6.03. The fourth-order valence-corrected chi connectivity index (χ4v) is 12.6. The molecule has 2 N–H and O–H groups in total. The van der Waals surface area contributed by atoms with Crippen molar-refractivity contribution in [2.75, 3.05) is 57.4 Å². The van der Waals surface area contributed by atoms with Crippen molar-refractivity contribution < 1.29 is 55.8 Å². The van der Waals surface area contributed by atoms with E-state index in [1.807, 2.05) is 46.4 Å². The van der Waals surface area contributed by atoms with Crippen LogP contribution >= 0.6 is 0 Å². The Kier molecular flexibility index (Phi) is 16.8. The highest BCUT2D eigenvalue weighted by atomic mass is 19.1. The average Bonchev–Trinajstić information content (AvgIpc) is 1.23. The van der Waals surface area contributed by atoms with Crippen molar-refractivity contribution in [2.24, 2.45) is 11.8 Å². The Morgan fingerprint density at radius 1 is 0.872 bits per heavy atom. The van der Waals surface area contributed by atoms with E-state index >= 15 is 8.78 Å². The summed E-state index contributed by atoms with van der Waals surface area (Å²) >= 11 is 0. The van der Waals surface area contributed by atoms with Gasteiger partial charge in [0.15, 0.2) is 11.6 Å². The number of piperazine rings is 1. The molecule has 3 aromatic heterocycles. The molecule has 7 aromatic rings. The molecule has 4 saturated heterocycles. The molecule has 5 atom stereocenters. The maximum absolute atomic E-state index is 17.3. The van der Waals surface area contributed by atoms with Gasteiger partial charge in [0.25, 0.3) is 5.88 Å². The number of aromatic nitrogens is 4. The molecule has 7 heterocycles. The van der Waals surface area contributed by atoms with Crippen LogP contribution in [0.15, 0.2) is 83.5 Å². The molecule has 0 radical (unpaired) electrons. The number of piperidine rings is 1. The van der Waals surface area contributed by atoms with E-state index in [1.54, 1.807) is 40.1 Å². The lowest BCUT2D eigenvalue weighted by Crippen LogP contribution is -2.57. The number of hydrogen-bond donors (Lipinski definition) is 2. The number of nitrogens with zero attached hydrogens (tertiary/aromatic N) is 8. The minimum absolute atomic E-state index is 0.0714. The zero-order valence-corrected chi connectivity index (χ0v) is 48.9.